The van der Waals surface area contributed by atoms with Gasteiger partial charge in [0.25, 0.3) is 0 Å². The predicted octanol–water partition coefficient (Wildman–Crippen LogP) is 3.20. The second-order valence-electron chi connectivity index (χ2n) is 5.14. The summed E-state index contributed by atoms with van der Waals surface area (Å²) >= 11 is 0. The van der Waals surface area contributed by atoms with Crippen molar-refractivity contribution in [1.29, 1.82) is 0 Å². The Morgan fingerprint density at radius 3 is 2.86 bits per heavy atom. The Morgan fingerprint density at radius 1 is 1.41 bits per heavy atom. The predicted molar refractivity (Wildman–Crippen MR) is 102 cm³/mol. The van der Waals surface area contributed by atoms with E-state index in [9.17, 15) is 0 Å². The summed E-state index contributed by atoms with van der Waals surface area (Å²) in [6.07, 6.45) is 5.72. The average molecular weight is 423 g/mol. The van der Waals surface area contributed by atoms with E-state index in [1.807, 2.05) is 12.1 Å². The zero-order valence-electron chi connectivity index (χ0n) is 13.9. The number of rotatable bonds is 10. The lowest BCUT2D eigenvalue weighted by atomic mass is 10.3. The Bertz CT molecular complexity index is 383. The number of ether oxygens (including phenoxy) is 1. The lowest BCUT2D eigenvalue weighted by Crippen LogP contribution is -2.42. The molecule has 0 fully saturated rings. The van der Waals surface area contributed by atoms with Gasteiger partial charge in [-0.05, 0) is 38.3 Å². The smallest absolute Gasteiger partial charge is 0.191 e. The number of nitrogens with zero attached hydrogens (tertiary/aromatic N) is 1. The van der Waals surface area contributed by atoms with Crippen molar-refractivity contribution >= 4 is 29.9 Å². The highest BCUT2D eigenvalue weighted by Crippen LogP contribution is 1.99. The largest absolute Gasteiger partial charge is 0.469 e. The summed E-state index contributed by atoms with van der Waals surface area (Å²) in [5, 5.41) is 6.78. The summed E-state index contributed by atoms with van der Waals surface area (Å²) < 4.78 is 10.4. The van der Waals surface area contributed by atoms with Gasteiger partial charge in [-0.15, -0.1) is 24.0 Å². The lowest BCUT2D eigenvalue weighted by Gasteiger charge is -2.16. The molecule has 0 aliphatic carbocycles. The van der Waals surface area contributed by atoms with E-state index in [1.54, 1.807) is 13.4 Å². The molecule has 0 bridgehead atoms. The standard InChI is InChI=1S/C16H29N3O2.HI/c1-4-14(2)19-16(17-10-5-6-12-20-3)18-11-9-15-8-7-13-21-15;/h7-8,13-14H,4-6,9-12H2,1-3H3,(H2,17,18,19);1H. The number of nitrogens with one attached hydrogen (secondary N) is 2. The number of methoxy groups -OCH3 is 1. The highest BCUT2D eigenvalue weighted by atomic mass is 127. The Kier molecular flexibility index (Phi) is 13.4. The van der Waals surface area contributed by atoms with Crippen LogP contribution in [0.25, 0.3) is 0 Å². The monoisotopic (exact) mass is 423 g/mol. The zero-order chi connectivity index (χ0) is 15.3. The minimum Gasteiger partial charge on any atom is -0.469 e. The van der Waals surface area contributed by atoms with Crippen molar-refractivity contribution in [2.24, 2.45) is 4.99 Å². The van der Waals surface area contributed by atoms with Crippen LogP contribution in [0.4, 0.5) is 0 Å². The maximum atomic E-state index is 5.33. The van der Waals surface area contributed by atoms with Crippen molar-refractivity contribution in [3.8, 4) is 0 Å². The third kappa shape index (κ3) is 10.0. The topological polar surface area (TPSA) is 58.8 Å². The molecule has 0 spiro atoms. The van der Waals surface area contributed by atoms with Gasteiger partial charge < -0.3 is 19.8 Å². The van der Waals surface area contributed by atoms with E-state index in [4.69, 9.17) is 9.15 Å². The molecule has 1 aromatic rings. The van der Waals surface area contributed by atoms with Gasteiger partial charge in [0, 0.05) is 39.3 Å². The molecule has 128 valence electrons. The third-order valence-electron chi connectivity index (χ3n) is 3.27. The number of guanidine groups is 1. The zero-order valence-corrected chi connectivity index (χ0v) is 16.3. The van der Waals surface area contributed by atoms with E-state index in [0.29, 0.717) is 6.04 Å². The number of hydrogen-bond donors (Lipinski definition) is 2. The first-order valence-electron chi connectivity index (χ1n) is 7.82. The molecule has 5 nitrogen and oxygen atoms in total. The second-order valence-corrected chi connectivity index (χ2v) is 5.14. The fraction of sp³-hybridized carbons (Fsp3) is 0.688. The van der Waals surface area contributed by atoms with Crippen molar-refractivity contribution < 1.29 is 9.15 Å². The molecular weight excluding hydrogens is 393 g/mol. The molecule has 1 aromatic heterocycles. The Balaban J connectivity index is 0.00000441. The summed E-state index contributed by atoms with van der Waals surface area (Å²) in [6, 6.07) is 4.32. The van der Waals surface area contributed by atoms with Crippen LogP contribution in [0.1, 0.15) is 38.9 Å². The quantitative estimate of drug-likeness (QED) is 0.263. The van der Waals surface area contributed by atoms with Crippen LogP contribution >= 0.6 is 24.0 Å². The van der Waals surface area contributed by atoms with E-state index in [-0.39, 0.29) is 24.0 Å². The normalized spacial score (nSPS) is 12.6. The first-order chi connectivity index (χ1) is 10.3. The summed E-state index contributed by atoms with van der Waals surface area (Å²) in [4.78, 5) is 4.61. The van der Waals surface area contributed by atoms with Crippen LogP contribution in [0.2, 0.25) is 0 Å². The molecule has 22 heavy (non-hydrogen) atoms. The highest BCUT2D eigenvalue weighted by Gasteiger charge is 2.03. The van der Waals surface area contributed by atoms with Crippen molar-refractivity contribution in [2.75, 3.05) is 26.8 Å². The van der Waals surface area contributed by atoms with Gasteiger partial charge in [0.15, 0.2) is 5.96 Å². The maximum Gasteiger partial charge on any atom is 0.191 e. The number of aliphatic imine (C=N–C) groups is 1. The van der Waals surface area contributed by atoms with E-state index in [0.717, 1.165) is 57.1 Å². The van der Waals surface area contributed by atoms with Gasteiger partial charge in [0.2, 0.25) is 0 Å². The summed E-state index contributed by atoms with van der Waals surface area (Å²) in [6.45, 7) is 6.75. The lowest BCUT2D eigenvalue weighted by molar-refractivity contribution is 0.193. The molecule has 0 aliphatic heterocycles. The molecule has 2 N–H and O–H groups in total. The van der Waals surface area contributed by atoms with Gasteiger partial charge >= 0.3 is 0 Å². The third-order valence-corrected chi connectivity index (χ3v) is 3.27. The van der Waals surface area contributed by atoms with Crippen LogP contribution < -0.4 is 10.6 Å². The van der Waals surface area contributed by atoms with Gasteiger partial charge in [0.1, 0.15) is 5.76 Å². The van der Waals surface area contributed by atoms with Crippen molar-refractivity contribution in [3.63, 3.8) is 0 Å². The van der Waals surface area contributed by atoms with E-state index < -0.39 is 0 Å². The van der Waals surface area contributed by atoms with Crippen molar-refractivity contribution in [2.45, 2.75) is 45.6 Å². The van der Waals surface area contributed by atoms with Gasteiger partial charge in [-0.1, -0.05) is 6.92 Å². The SMILES string of the molecule is CCC(C)NC(=NCCCCOC)NCCc1ccco1.I. The van der Waals surface area contributed by atoms with Crippen LogP contribution in [0.3, 0.4) is 0 Å². The van der Waals surface area contributed by atoms with Crippen LogP contribution in [0, 0.1) is 0 Å². The molecule has 1 atom stereocenters. The van der Waals surface area contributed by atoms with Crippen molar-refractivity contribution in [1.82, 2.24) is 10.6 Å². The van der Waals surface area contributed by atoms with Crippen LogP contribution in [0.15, 0.2) is 27.8 Å². The van der Waals surface area contributed by atoms with Crippen LogP contribution in [-0.2, 0) is 11.2 Å². The molecule has 1 heterocycles. The molecule has 0 aliphatic rings. The van der Waals surface area contributed by atoms with Crippen LogP contribution in [-0.4, -0.2) is 38.8 Å². The summed E-state index contributed by atoms with van der Waals surface area (Å²) in [5.74, 6) is 1.87. The van der Waals surface area contributed by atoms with E-state index >= 15 is 0 Å². The molecular formula is C16H30IN3O2. The van der Waals surface area contributed by atoms with Gasteiger partial charge in [-0.3, -0.25) is 4.99 Å². The van der Waals surface area contributed by atoms with Crippen LogP contribution in [0.5, 0.6) is 0 Å². The molecule has 0 saturated carbocycles. The molecule has 0 aromatic carbocycles. The number of halogens is 1. The highest BCUT2D eigenvalue weighted by molar-refractivity contribution is 14.0. The maximum absolute atomic E-state index is 5.33. The second kappa shape index (κ2) is 13.9. The fourth-order valence-corrected chi connectivity index (χ4v) is 1.80. The Morgan fingerprint density at radius 2 is 2.23 bits per heavy atom. The number of furan rings is 1. The molecule has 0 saturated heterocycles. The molecule has 1 unspecified atom stereocenters. The van der Waals surface area contributed by atoms with Gasteiger partial charge in [-0.25, -0.2) is 0 Å². The average Bonchev–Trinajstić information content (AvgIpc) is 2.99. The fourth-order valence-electron chi connectivity index (χ4n) is 1.80. The van der Waals surface area contributed by atoms with Gasteiger partial charge in [-0.2, -0.15) is 0 Å². The molecule has 6 heteroatoms. The minimum absolute atomic E-state index is 0. The Hall–Kier alpha value is -0.760. The molecule has 1 rings (SSSR count). The number of hydrogen-bond acceptors (Lipinski definition) is 3. The first kappa shape index (κ1) is 21.2. The molecule has 0 radical (unpaired) electrons. The van der Waals surface area contributed by atoms with E-state index in [1.165, 1.54) is 0 Å². The van der Waals surface area contributed by atoms with Gasteiger partial charge in [0.05, 0.1) is 6.26 Å². The molecule has 0 amide bonds. The first-order valence-corrected chi connectivity index (χ1v) is 7.82. The Labute approximate surface area is 151 Å². The summed E-state index contributed by atoms with van der Waals surface area (Å²) in [7, 11) is 1.73. The summed E-state index contributed by atoms with van der Waals surface area (Å²) in [5.41, 5.74) is 0. The number of unbranched alkanes of at least 4 members (excludes halogenated alkanes) is 1. The van der Waals surface area contributed by atoms with E-state index in [2.05, 4.69) is 29.5 Å². The van der Waals surface area contributed by atoms with Crippen molar-refractivity contribution in [3.05, 3.63) is 24.2 Å². The minimum atomic E-state index is 0.